The number of ether oxygens (including phenoxy) is 1. The SMILES string of the molecule is CCOc1ccc(S(=O)(=O)NNS(=O)(=O)c2cccc(Cl)c2)cc1. The average molecular weight is 391 g/mol. The smallest absolute Gasteiger partial charge is 0.254 e. The second-order valence-electron chi connectivity index (χ2n) is 4.57. The quantitative estimate of drug-likeness (QED) is 0.703. The molecule has 0 unspecified atom stereocenters. The van der Waals surface area contributed by atoms with Gasteiger partial charge in [-0.15, -0.1) is 9.66 Å². The summed E-state index contributed by atoms with van der Waals surface area (Å²) in [6, 6.07) is 11.0. The summed E-state index contributed by atoms with van der Waals surface area (Å²) in [7, 11) is -8.16. The minimum atomic E-state index is -4.09. The molecule has 130 valence electrons. The highest BCUT2D eigenvalue weighted by molar-refractivity contribution is 7.92. The summed E-state index contributed by atoms with van der Waals surface area (Å²) >= 11 is 5.73. The Balaban J connectivity index is 2.14. The Kier molecular flexibility index (Phi) is 5.83. The number of nitrogens with one attached hydrogen (secondary N) is 2. The van der Waals surface area contributed by atoms with E-state index < -0.39 is 20.0 Å². The molecular formula is C14H15ClN2O5S2. The Labute approximate surface area is 145 Å². The summed E-state index contributed by atoms with van der Waals surface area (Å²) in [4.78, 5) is 3.39. The zero-order valence-electron chi connectivity index (χ0n) is 12.6. The number of hydrogen-bond acceptors (Lipinski definition) is 5. The molecule has 0 radical (unpaired) electrons. The number of benzene rings is 2. The topological polar surface area (TPSA) is 102 Å². The number of halogens is 1. The van der Waals surface area contributed by atoms with Crippen LogP contribution in [0.2, 0.25) is 5.02 Å². The van der Waals surface area contributed by atoms with Crippen LogP contribution in [0, 0.1) is 0 Å². The molecule has 0 spiro atoms. The van der Waals surface area contributed by atoms with Crippen LogP contribution in [0.5, 0.6) is 5.75 Å². The van der Waals surface area contributed by atoms with E-state index in [4.69, 9.17) is 16.3 Å². The molecule has 0 saturated heterocycles. The van der Waals surface area contributed by atoms with Crippen molar-refractivity contribution >= 4 is 31.6 Å². The summed E-state index contributed by atoms with van der Waals surface area (Å²) in [5.41, 5.74) is 0. The maximum absolute atomic E-state index is 12.1. The van der Waals surface area contributed by atoms with Crippen LogP contribution in [-0.2, 0) is 20.0 Å². The van der Waals surface area contributed by atoms with E-state index >= 15 is 0 Å². The zero-order valence-corrected chi connectivity index (χ0v) is 15.0. The van der Waals surface area contributed by atoms with Crippen molar-refractivity contribution in [1.29, 1.82) is 0 Å². The standard InChI is InChI=1S/C14H15ClN2O5S2/c1-2-22-12-6-8-13(9-7-12)23(18,19)16-17-24(20,21)14-5-3-4-11(15)10-14/h3-10,16-17H,2H2,1H3. The molecule has 0 aliphatic heterocycles. The van der Waals surface area contributed by atoms with E-state index in [1.54, 1.807) is 6.92 Å². The van der Waals surface area contributed by atoms with Crippen LogP contribution in [0.3, 0.4) is 0 Å². The third-order valence-electron chi connectivity index (χ3n) is 2.86. The first-order chi connectivity index (χ1) is 11.2. The third-order valence-corrected chi connectivity index (χ3v) is 5.74. The molecule has 0 heterocycles. The Morgan fingerprint density at radius 3 is 2.04 bits per heavy atom. The van der Waals surface area contributed by atoms with Crippen molar-refractivity contribution in [3.63, 3.8) is 0 Å². The minimum Gasteiger partial charge on any atom is -0.494 e. The van der Waals surface area contributed by atoms with Crippen LogP contribution >= 0.6 is 11.6 Å². The van der Waals surface area contributed by atoms with Crippen molar-refractivity contribution in [2.45, 2.75) is 16.7 Å². The molecule has 2 N–H and O–H groups in total. The molecule has 2 aromatic rings. The van der Waals surface area contributed by atoms with Crippen LogP contribution < -0.4 is 14.4 Å². The fraction of sp³-hybridized carbons (Fsp3) is 0.143. The maximum atomic E-state index is 12.1. The van der Waals surface area contributed by atoms with Crippen molar-refractivity contribution in [1.82, 2.24) is 9.66 Å². The van der Waals surface area contributed by atoms with Crippen molar-refractivity contribution in [2.75, 3.05) is 6.61 Å². The van der Waals surface area contributed by atoms with Crippen LogP contribution in [0.4, 0.5) is 0 Å². The van der Waals surface area contributed by atoms with E-state index in [1.165, 1.54) is 48.5 Å². The lowest BCUT2D eigenvalue weighted by atomic mass is 10.3. The monoisotopic (exact) mass is 390 g/mol. The van der Waals surface area contributed by atoms with Gasteiger partial charge in [0.05, 0.1) is 16.4 Å². The molecule has 0 bridgehead atoms. The summed E-state index contributed by atoms with van der Waals surface area (Å²) in [5.74, 6) is 0.510. The van der Waals surface area contributed by atoms with Crippen molar-refractivity contribution in [2.24, 2.45) is 0 Å². The first-order valence-electron chi connectivity index (χ1n) is 6.76. The number of rotatable bonds is 7. The van der Waals surface area contributed by atoms with Gasteiger partial charge in [0.1, 0.15) is 5.75 Å². The van der Waals surface area contributed by atoms with Gasteiger partial charge < -0.3 is 4.74 Å². The van der Waals surface area contributed by atoms with Gasteiger partial charge in [-0.25, -0.2) is 16.8 Å². The van der Waals surface area contributed by atoms with Crippen molar-refractivity contribution in [3.8, 4) is 5.75 Å². The fourth-order valence-electron chi connectivity index (χ4n) is 1.74. The highest BCUT2D eigenvalue weighted by Crippen LogP contribution is 2.17. The van der Waals surface area contributed by atoms with Crippen LogP contribution in [-0.4, -0.2) is 23.4 Å². The van der Waals surface area contributed by atoms with Gasteiger partial charge in [-0.1, -0.05) is 17.7 Å². The maximum Gasteiger partial charge on any atom is 0.254 e. The highest BCUT2D eigenvalue weighted by Gasteiger charge is 2.20. The van der Waals surface area contributed by atoms with Gasteiger partial charge in [-0.3, -0.25) is 0 Å². The predicted molar refractivity (Wildman–Crippen MR) is 89.7 cm³/mol. The first-order valence-corrected chi connectivity index (χ1v) is 10.1. The summed E-state index contributed by atoms with van der Waals surface area (Å²) in [6.07, 6.45) is 0. The summed E-state index contributed by atoms with van der Waals surface area (Å²) in [6.45, 7) is 2.25. The normalized spacial score (nSPS) is 12.1. The van der Waals surface area contributed by atoms with E-state index in [-0.39, 0.29) is 14.8 Å². The largest absolute Gasteiger partial charge is 0.494 e. The first kappa shape index (κ1) is 18.7. The van der Waals surface area contributed by atoms with Crippen molar-refractivity contribution in [3.05, 3.63) is 53.6 Å². The van der Waals surface area contributed by atoms with E-state index in [2.05, 4.69) is 0 Å². The number of hydrazine groups is 1. The fourth-order valence-corrected chi connectivity index (χ4v) is 4.15. The Morgan fingerprint density at radius 1 is 0.917 bits per heavy atom. The zero-order chi connectivity index (χ0) is 17.8. The number of sulfonamides is 2. The Morgan fingerprint density at radius 2 is 1.50 bits per heavy atom. The molecule has 2 rings (SSSR count). The molecule has 2 aromatic carbocycles. The van der Waals surface area contributed by atoms with E-state index in [9.17, 15) is 16.8 Å². The predicted octanol–water partition coefficient (Wildman–Crippen LogP) is 1.91. The van der Waals surface area contributed by atoms with Gasteiger partial charge >= 0.3 is 0 Å². The molecule has 10 heteroatoms. The van der Waals surface area contributed by atoms with Gasteiger partial charge in [0.25, 0.3) is 20.0 Å². The summed E-state index contributed by atoms with van der Waals surface area (Å²) < 4.78 is 53.7. The number of hydrogen-bond donors (Lipinski definition) is 2. The van der Waals surface area contributed by atoms with Gasteiger partial charge in [-0.05, 0) is 49.4 Å². The highest BCUT2D eigenvalue weighted by atomic mass is 35.5. The molecule has 0 aliphatic carbocycles. The lowest BCUT2D eigenvalue weighted by Gasteiger charge is -2.10. The third kappa shape index (κ3) is 4.68. The molecule has 0 aromatic heterocycles. The Bertz CT molecular complexity index is 912. The van der Waals surface area contributed by atoms with Gasteiger partial charge in [-0.2, -0.15) is 0 Å². The molecule has 0 fully saturated rings. The van der Waals surface area contributed by atoms with Crippen LogP contribution in [0.1, 0.15) is 6.92 Å². The van der Waals surface area contributed by atoms with Gasteiger partial charge in [0, 0.05) is 5.02 Å². The van der Waals surface area contributed by atoms with Gasteiger partial charge in [0.15, 0.2) is 0 Å². The molecule has 0 saturated carbocycles. The van der Waals surface area contributed by atoms with E-state index in [1.807, 2.05) is 9.66 Å². The molecule has 7 nitrogen and oxygen atoms in total. The van der Waals surface area contributed by atoms with E-state index in [0.717, 1.165) is 0 Å². The van der Waals surface area contributed by atoms with Crippen LogP contribution in [0.15, 0.2) is 58.3 Å². The second-order valence-corrected chi connectivity index (χ2v) is 8.37. The molecular weight excluding hydrogens is 376 g/mol. The minimum absolute atomic E-state index is 0.111. The lowest BCUT2D eigenvalue weighted by molar-refractivity contribution is 0.340. The summed E-state index contributed by atoms with van der Waals surface area (Å²) in [5, 5.41) is 0.215. The molecule has 24 heavy (non-hydrogen) atoms. The van der Waals surface area contributed by atoms with Crippen molar-refractivity contribution < 1.29 is 21.6 Å². The molecule has 0 atom stereocenters. The molecule has 0 aliphatic rings. The average Bonchev–Trinajstić information content (AvgIpc) is 2.54. The van der Waals surface area contributed by atoms with Gasteiger partial charge in [0.2, 0.25) is 0 Å². The van der Waals surface area contributed by atoms with E-state index in [0.29, 0.717) is 12.4 Å². The second kappa shape index (κ2) is 7.49. The lowest BCUT2D eigenvalue weighted by Crippen LogP contribution is -2.41. The Hall–Kier alpha value is -1.65. The molecule has 0 amide bonds. The van der Waals surface area contributed by atoms with Crippen LogP contribution in [0.25, 0.3) is 0 Å².